The first-order valence-corrected chi connectivity index (χ1v) is 7.87. The number of allylic oxidation sites excluding steroid dienone is 2. The van der Waals surface area contributed by atoms with Crippen LogP contribution < -0.4 is 14.2 Å². The van der Waals surface area contributed by atoms with Gasteiger partial charge in [-0.05, 0) is 55.0 Å². The fourth-order valence-corrected chi connectivity index (χ4v) is 2.35. The summed E-state index contributed by atoms with van der Waals surface area (Å²) in [7, 11) is 3.19. The van der Waals surface area contributed by atoms with E-state index >= 15 is 0 Å². The monoisotopic (exact) mass is 338 g/mol. The predicted molar refractivity (Wildman–Crippen MR) is 99.7 cm³/mol. The first kappa shape index (κ1) is 18.3. The molecule has 25 heavy (non-hydrogen) atoms. The number of methoxy groups -OCH3 is 2. The zero-order chi connectivity index (χ0) is 18.2. The molecule has 2 aromatic carbocycles. The van der Waals surface area contributed by atoms with Gasteiger partial charge in [0.1, 0.15) is 23.9 Å². The van der Waals surface area contributed by atoms with Crippen molar-refractivity contribution < 1.29 is 19.0 Å². The highest BCUT2D eigenvalue weighted by molar-refractivity contribution is 6.08. The summed E-state index contributed by atoms with van der Waals surface area (Å²) in [6.07, 6.45) is 3.28. The minimum Gasteiger partial charge on any atom is -0.497 e. The molecule has 0 radical (unpaired) electrons. The number of carbonyl (C=O) groups is 1. The zero-order valence-electron chi connectivity index (χ0n) is 14.7. The molecule has 0 atom stereocenters. The Morgan fingerprint density at radius 2 is 1.72 bits per heavy atom. The highest BCUT2D eigenvalue weighted by Gasteiger charge is 2.10. The molecule has 0 aliphatic heterocycles. The van der Waals surface area contributed by atoms with E-state index in [1.165, 1.54) is 0 Å². The average Bonchev–Trinajstić information content (AvgIpc) is 2.65. The van der Waals surface area contributed by atoms with Crippen LogP contribution in [0.3, 0.4) is 0 Å². The molecule has 0 unspecified atom stereocenters. The van der Waals surface area contributed by atoms with Gasteiger partial charge in [0.05, 0.1) is 14.2 Å². The third kappa shape index (κ3) is 4.73. The third-order valence-corrected chi connectivity index (χ3v) is 3.69. The van der Waals surface area contributed by atoms with E-state index in [2.05, 4.69) is 6.58 Å². The Balaban J connectivity index is 2.21. The maximum atomic E-state index is 12.5. The van der Waals surface area contributed by atoms with Crippen molar-refractivity contribution in [3.05, 3.63) is 72.3 Å². The number of carbonyl (C=O) groups excluding carboxylic acids is 1. The van der Waals surface area contributed by atoms with E-state index in [4.69, 9.17) is 14.2 Å². The molecule has 0 aliphatic carbocycles. The van der Waals surface area contributed by atoms with Crippen LogP contribution >= 0.6 is 0 Å². The SMILES string of the molecule is C=CCOc1ccc(C(=O)/C=C(/C)c2ccc(OC)cc2OC)cc1. The van der Waals surface area contributed by atoms with E-state index in [9.17, 15) is 4.79 Å². The van der Waals surface area contributed by atoms with E-state index in [-0.39, 0.29) is 5.78 Å². The second kappa shape index (κ2) is 8.73. The molecule has 0 bridgehead atoms. The lowest BCUT2D eigenvalue weighted by atomic mass is 10.0. The third-order valence-electron chi connectivity index (χ3n) is 3.69. The summed E-state index contributed by atoms with van der Waals surface area (Å²) < 4.78 is 16.0. The largest absolute Gasteiger partial charge is 0.497 e. The van der Waals surface area contributed by atoms with Gasteiger partial charge in [-0.1, -0.05) is 12.7 Å². The van der Waals surface area contributed by atoms with Crippen molar-refractivity contribution in [3.8, 4) is 17.2 Å². The quantitative estimate of drug-likeness (QED) is 0.402. The molecule has 0 saturated carbocycles. The fourth-order valence-electron chi connectivity index (χ4n) is 2.35. The molecule has 4 nitrogen and oxygen atoms in total. The molecule has 2 rings (SSSR count). The highest BCUT2D eigenvalue weighted by Crippen LogP contribution is 2.30. The number of hydrogen-bond acceptors (Lipinski definition) is 4. The minimum atomic E-state index is -0.0781. The molecule has 0 spiro atoms. The fraction of sp³-hybridized carbons (Fsp3) is 0.190. The standard InChI is InChI=1S/C21H22O4/c1-5-12-25-17-8-6-16(7-9-17)20(22)13-15(2)19-11-10-18(23-3)14-21(19)24-4/h5-11,13-14H,1,12H2,2-4H3/b15-13-. The van der Waals surface area contributed by atoms with Gasteiger partial charge in [-0.2, -0.15) is 0 Å². The number of rotatable bonds is 8. The summed E-state index contributed by atoms with van der Waals surface area (Å²) in [6, 6.07) is 12.5. The molecule has 0 fully saturated rings. The molecule has 130 valence electrons. The Kier molecular flexibility index (Phi) is 6.40. The van der Waals surface area contributed by atoms with Crippen LogP contribution in [0.4, 0.5) is 0 Å². The van der Waals surface area contributed by atoms with Gasteiger partial charge in [0.25, 0.3) is 0 Å². The summed E-state index contributed by atoms with van der Waals surface area (Å²) in [5.41, 5.74) is 2.26. The van der Waals surface area contributed by atoms with Crippen molar-refractivity contribution >= 4 is 11.4 Å². The summed E-state index contributed by atoms with van der Waals surface area (Å²) in [4.78, 5) is 12.5. The second-order valence-corrected chi connectivity index (χ2v) is 5.38. The molecule has 0 saturated heterocycles. The topological polar surface area (TPSA) is 44.8 Å². The lowest BCUT2D eigenvalue weighted by Crippen LogP contribution is -1.98. The van der Waals surface area contributed by atoms with E-state index in [0.29, 0.717) is 29.4 Å². The average molecular weight is 338 g/mol. The molecule has 0 aliphatic rings. The van der Waals surface area contributed by atoms with Crippen LogP contribution in [-0.4, -0.2) is 26.6 Å². The molecular weight excluding hydrogens is 316 g/mol. The lowest BCUT2D eigenvalue weighted by Gasteiger charge is -2.11. The van der Waals surface area contributed by atoms with Crippen LogP contribution in [0.2, 0.25) is 0 Å². The summed E-state index contributed by atoms with van der Waals surface area (Å²) in [5.74, 6) is 1.99. The van der Waals surface area contributed by atoms with E-state index in [1.54, 1.807) is 56.7 Å². The predicted octanol–water partition coefficient (Wildman–Crippen LogP) is 4.55. The Hall–Kier alpha value is -3.01. The summed E-state index contributed by atoms with van der Waals surface area (Å²) >= 11 is 0. The van der Waals surface area contributed by atoms with Crippen molar-refractivity contribution in [2.24, 2.45) is 0 Å². The van der Waals surface area contributed by atoms with Crippen LogP contribution in [0.25, 0.3) is 5.57 Å². The Bertz CT molecular complexity index is 773. The Morgan fingerprint density at radius 1 is 1.04 bits per heavy atom. The maximum absolute atomic E-state index is 12.5. The van der Waals surface area contributed by atoms with Gasteiger partial charge in [0, 0.05) is 17.2 Å². The van der Waals surface area contributed by atoms with E-state index < -0.39 is 0 Å². The molecule has 0 N–H and O–H groups in total. The normalized spacial score (nSPS) is 10.9. The number of hydrogen-bond donors (Lipinski definition) is 0. The van der Waals surface area contributed by atoms with Crippen molar-refractivity contribution in [3.63, 3.8) is 0 Å². The Morgan fingerprint density at radius 3 is 2.32 bits per heavy atom. The van der Waals surface area contributed by atoms with Crippen LogP contribution in [-0.2, 0) is 0 Å². The van der Waals surface area contributed by atoms with Gasteiger partial charge >= 0.3 is 0 Å². The molecule has 4 heteroatoms. The molecule has 2 aromatic rings. The molecule has 0 heterocycles. The van der Waals surface area contributed by atoms with Crippen molar-refractivity contribution in [2.75, 3.05) is 20.8 Å². The van der Waals surface area contributed by atoms with Gasteiger partial charge in [0.15, 0.2) is 5.78 Å². The second-order valence-electron chi connectivity index (χ2n) is 5.38. The highest BCUT2D eigenvalue weighted by atomic mass is 16.5. The molecule has 0 aromatic heterocycles. The smallest absolute Gasteiger partial charge is 0.186 e. The van der Waals surface area contributed by atoms with Crippen molar-refractivity contribution in [1.29, 1.82) is 0 Å². The van der Waals surface area contributed by atoms with Gasteiger partial charge in [-0.15, -0.1) is 0 Å². The summed E-state index contributed by atoms with van der Waals surface area (Å²) in [5, 5.41) is 0. The van der Waals surface area contributed by atoms with Crippen LogP contribution in [0.15, 0.2) is 61.2 Å². The van der Waals surface area contributed by atoms with Crippen molar-refractivity contribution in [1.82, 2.24) is 0 Å². The van der Waals surface area contributed by atoms with Crippen LogP contribution in [0.1, 0.15) is 22.8 Å². The van der Waals surface area contributed by atoms with E-state index in [0.717, 1.165) is 11.1 Å². The zero-order valence-corrected chi connectivity index (χ0v) is 14.7. The van der Waals surface area contributed by atoms with E-state index in [1.807, 2.05) is 19.1 Å². The maximum Gasteiger partial charge on any atom is 0.186 e. The minimum absolute atomic E-state index is 0.0781. The van der Waals surface area contributed by atoms with Gasteiger partial charge in [0.2, 0.25) is 0 Å². The molecule has 0 amide bonds. The first-order valence-electron chi connectivity index (χ1n) is 7.87. The number of ether oxygens (including phenoxy) is 3. The van der Waals surface area contributed by atoms with Gasteiger partial charge in [-0.3, -0.25) is 4.79 Å². The first-order chi connectivity index (χ1) is 12.1. The number of ketones is 1. The van der Waals surface area contributed by atoms with Gasteiger partial charge in [-0.25, -0.2) is 0 Å². The Labute approximate surface area is 148 Å². The van der Waals surface area contributed by atoms with Crippen LogP contribution in [0.5, 0.6) is 17.2 Å². The van der Waals surface area contributed by atoms with Crippen molar-refractivity contribution in [2.45, 2.75) is 6.92 Å². The molecular formula is C21H22O4. The number of benzene rings is 2. The lowest BCUT2D eigenvalue weighted by molar-refractivity contribution is 0.104. The van der Waals surface area contributed by atoms with Gasteiger partial charge < -0.3 is 14.2 Å². The van der Waals surface area contributed by atoms with Crippen LogP contribution in [0, 0.1) is 0 Å². The summed E-state index contributed by atoms with van der Waals surface area (Å²) in [6.45, 7) is 5.92.